The van der Waals surface area contributed by atoms with Gasteiger partial charge >= 0.3 is 5.69 Å². The number of fused-ring (bicyclic) bond motifs is 1. The molecule has 1 aliphatic carbocycles. The molecular weight excluding hydrogens is 342 g/mol. The summed E-state index contributed by atoms with van der Waals surface area (Å²) in [5, 5.41) is -0.0709. The zero-order chi connectivity index (χ0) is 18.5. The van der Waals surface area contributed by atoms with Crippen LogP contribution < -0.4 is 11.2 Å². The molecule has 2 atom stereocenters. The van der Waals surface area contributed by atoms with Gasteiger partial charge in [-0.1, -0.05) is 30.3 Å². The van der Waals surface area contributed by atoms with Gasteiger partial charge in [0.15, 0.2) is 11.6 Å². The fraction of sp³-hybridized carbons (Fsp3) is 0.263. The van der Waals surface area contributed by atoms with E-state index in [9.17, 15) is 18.4 Å². The largest absolute Gasteiger partial charge is 0.371 e. The third-order valence-corrected chi connectivity index (χ3v) is 4.88. The Bertz CT molecular complexity index is 1110. The summed E-state index contributed by atoms with van der Waals surface area (Å²) in [6, 6.07) is 11.3. The van der Waals surface area contributed by atoms with Crippen LogP contribution in [0.1, 0.15) is 18.9 Å². The average molecular weight is 358 g/mol. The van der Waals surface area contributed by atoms with E-state index in [1.54, 1.807) is 6.92 Å². The number of nitrogens with one attached hydrogen (secondary N) is 1. The summed E-state index contributed by atoms with van der Waals surface area (Å²) in [7, 11) is 0. The van der Waals surface area contributed by atoms with Gasteiger partial charge in [0.2, 0.25) is 0 Å². The maximum absolute atomic E-state index is 13.7. The molecule has 1 fully saturated rings. The number of nitrogens with zero attached hydrogens (tertiary/aromatic N) is 1. The molecule has 2 unspecified atom stereocenters. The van der Waals surface area contributed by atoms with Crippen molar-refractivity contribution in [3.05, 3.63) is 80.5 Å². The van der Waals surface area contributed by atoms with Crippen molar-refractivity contribution in [3.8, 4) is 0 Å². The molecule has 5 nitrogen and oxygen atoms in total. The van der Waals surface area contributed by atoms with Crippen molar-refractivity contribution in [2.45, 2.75) is 31.6 Å². The Kier molecular flexibility index (Phi) is 3.77. The fourth-order valence-electron chi connectivity index (χ4n) is 3.30. The first-order valence-corrected chi connectivity index (χ1v) is 8.20. The Morgan fingerprint density at radius 1 is 1.19 bits per heavy atom. The van der Waals surface area contributed by atoms with Crippen LogP contribution in [0.4, 0.5) is 8.78 Å². The molecule has 0 spiro atoms. The predicted molar refractivity (Wildman–Crippen MR) is 92.0 cm³/mol. The summed E-state index contributed by atoms with van der Waals surface area (Å²) >= 11 is 0. The number of aromatic nitrogens is 2. The van der Waals surface area contributed by atoms with Crippen molar-refractivity contribution < 1.29 is 13.5 Å². The summed E-state index contributed by atoms with van der Waals surface area (Å²) in [4.78, 5) is 26.5. The van der Waals surface area contributed by atoms with Gasteiger partial charge in [-0.15, -0.1) is 0 Å². The molecule has 0 saturated heterocycles. The van der Waals surface area contributed by atoms with Crippen LogP contribution in [0.25, 0.3) is 10.9 Å². The minimum atomic E-state index is -1.13. The highest BCUT2D eigenvalue weighted by atomic mass is 19.2. The van der Waals surface area contributed by atoms with E-state index in [-0.39, 0.29) is 17.0 Å². The lowest BCUT2D eigenvalue weighted by atomic mass is 10.2. The summed E-state index contributed by atoms with van der Waals surface area (Å²) in [6.45, 7) is 2.17. The molecule has 0 aliphatic heterocycles. The molecule has 2 aromatic carbocycles. The fourth-order valence-corrected chi connectivity index (χ4v) is 3.30. The highest BCUT2D eigenvalue weighted by Crippen LogP contribution is 2.46. The molecule has 0 amide bonds. The van der Waals surface area contributed by atoms with Crippen molar-refractivity contribution in [1.82, 2.24) is 9.55 Å². The summed E-state index contributed by atoms with van der Waals surface area (Å²) in [6.07, 6.45) is 0.252. The van der Waals surface area contributed by atoms with Crippen LogP contribution in [0.2, 0.25) is 0 Å². The summed E-state index contributed by atoms with van der Waals surface area (Å²) in [5.41, 5.74) is -1.09. The molecule has 1 aliphatic rings. The van der Waals surface area contributed by atoms with Crippen LogP contribution in [0.3, 0.4) is 0 Å². The van der Waals surface area contributed by atoms with Crippen molar-refractivity contribution >= 4 is 10.9 Å². The highest BCUT2D eigenvalue weighted by Gasteiger charge is 2.54. The summed E-state index contributed by atoms with van der Waals surface area (Å²) < 4.78 is 34.4. The monoisotopic (exact) mass is 358 g/mol. The molecule has 1 heterocycles. The molecule has 3 aromatic rings. The molecule has 7 heteroatoms. The number of benzene rings is 2. The van der Waals surface area contributed by atoms with Crippen molar-refractivity contribution in [2.75, 3.05) is 0 Å². The molecule has 0 radical (unpaired) electrons. The maximum Gasteiger partial charge on any atom is 0.329 e. The molecule has 26 heavy (non-hydrogen) atoms. The maximum atomic E-state index is 13.7. The van der Waals surface area contributed by atoms with Crippen LogP contribution in [0.5, 0.6) is 0 Å². The number of aromatic amines is 1. The Labute approximate surface area is 146 Å². The Morgan fingerprint density at radius 2 is 1.88 bits per heavy atom. The van der Waals surface area contributed by atoms with E-state index in [4.69, 9.17) is 4.74 Å². The minimum absolute atomic E-state index is 0.0611. The lowest BCUT2D eigenvalue weighted by Crippen LogP contribution is -2.37. The molecule has 1 N–H and O–H groups in total. The van der Waals surface area contributed by atoms with Crippen LogP contribution in [0.15, 0.2) is 52.1 Å². The normalized spacial score (nSPS) is 21.9. The molecule has 1 saturated carbocycles. The van der Waals surface area contributed by atoms with E-state index in [1.165, 1.54) is 4.57 Å². The van der Waals surface area contributed by atoms with Gasteiger partial charge in [-0.05, 0) is 18.6 Å². The van der Waals surface area contributed by atoms with Gasteiger partial charge in [-0.2, -0.15) is 0 Å². The number of rotatable bonds is 4. The first kappa shape index (κ1) is 16.7. The van der Waals surface area contributed by atoms with Crippen molar-refractivity contribution in [3.63, 3.8) is 0 Å². The van der Waals surface area contributed by atoms with Gasteiger partial charge in [0, 0.05) is 12.5 Å². The van der Waals surface area contributed by atoms with E-state index in [1.807, 2.05) is 30.3 Å². The van der Waals surface area contributed by atoms with E-state index in [0.29, 0.717) is 13.0 Å². The van der Waals surface area contributed by atoms with Crippen molar-refractivity contribution in [1.29, 1.82) is 0 Å². The van der Waals surface area contributed by atoms with Gasteiger partial charge in [0.25, 0.3) is 5.56 Å². The number of H-pyrrole nitrogens is 1. The SMILES string of the molecule is CC1(n2c(=O)[nH]c(=O)c3cc(F)c(F)cc32)CC1OCc1ccccc1. The van der Waals surface area contributed by atoms with Crippen molar-refractivity contribution in [2.24, 2.45) is 0 Å². The van der Waals surface area contributed by atoms with Crippen LogP contribution in [-0.2, 0) is 16.9 Å². The Morgan fingerprint density at radius 3 is 2.62 bits per heavy atom. The second kappa shape index (κ2) is 5.88. The smallest absolute Gasteiger partial charge is 0.329 e. The Hall–Kier alpha value is -2.80. The molecule has 4 rings (SSSR count). The lowest BCUT2D eigenvalue weighted by Gasteiger charge is -2.18. The van der Waals surface area contributed by atoms with E-state index < -0.39 is 28.4 Å². The van der Waals surface area contributed by atoms with Gasteiger partial charge in [0.1, 0.15) is 0 Å². The third kappa shape index (κ3) is 2.64. The standard InChI is InChI=1S/C19H16F2N2O3/c1-19(9-16(19)26-10-11-5-3-2-4-6-11)23-15-8-14(21)13(20)7-12(15)17(24)22-18(23)25/h2-8,16H,9-10H2,1H3,(H,22,24,25). The predicted octanol–water partition coefficient (Wildman–Crippen LogP) is 2.67. The molecular formula is C19H16F2N2O3. The van der Waals surface area contributed by atoms with E-state index in [0.717, 1.165) is 17.7 Å². The Balaban J connectivity index is 1.72. The minimum Gasteiger partial charge on any atom is -0.371 e. The number of hydrogen-bond acceptors (Lipinski definition) is 3. The zero-order valence-electron chi connectivity index (χ0n) is 14.0. The van der Waals surface area contributed by atoms with Gasteiger partial charge in [-0.3, -0.25) is 14.3 Å². The van der Waals surface area contributed by atoms with Crippen LogP contribution in [-0.4, -0.2) is 15.7 Å². The molecule has 134 valence electrons. The second-order valence-electron chi connectivity index (χ2n) is 6.72. The molecule has 0 bridgehead atoms. The third-order valence-electron chi connectivity index (χ3n) is 4.88. The molecule has 1 aromatic heterocycles. The zero-order valence-corrected chi connectivity index (χ0v) is 14.0. The van der Waals surface area contributed by atoms with E-state index >= 15 is 0 Å². The first-order chi connectivity index (χ1) is 12.4. The number of halogens is 2. The second-order valence-corrected chi connectivity index (χ2v) is 6.72. The number of hydrogen-bond donors (Lipinski definition) is 1. The average Bonchev–Trinajstić information content (AvgIpc) is 3.27. The quantitative estimate of drug-likeness (QED) is 0.780. The van der Waals surface area contributed by atoms with Crippen LogP contribution >= 0.6 is 0 Å². The van der Waals surface area contributed by atoms with Crippen LogP contribution in [0, 0.1) is 11.6 Å². The van der Waals surface area contributed by atoms with Gasteiger partial charge in [-0.25, -0.2) is 13.6 Å². The van der Waals surface area contributed by atoms with E-state index in [2.05, 4.69) is 4.98 Å². The van der Waals surface area contributed by atoms with Gasteiger partial charge < -0.3 is 4.74 Å². The summed E-state index contributed by atoms with van der Waals surface area (Å²) in [5.74, 6) is -2.24. The first-order valence-electron chi connectivity index (χ1n) is 8.20. The van der Waals surface area contributed by atoms with Gasteiger partial charge in [0.05, 0.1) is 29.2 Å². The lowest BCUT2D eigenvalue weighted by molar-refractivity contribution is 0.0815. The topological polar surface area (TPSA) is 64.1 Å². The number of ether oxygens (including phenoxy) is 1. The highest BCUT2D eigenvalue weighted by molar-refractivity contribution is 5.78.